The monoisotopic (exact) mass is 242 g/mol. The first-order valence-corrected chi connectivity index (χ1v) is 6.90. The molecule has 0 aromatic rings. The molecule has 0 aliphatic carbocycles. The molecule has 0 aromatic heterocycles. The van der Waals surface area contributed by atoms with Crippen molar-refractivity contribution in [3.8, 4) is 0 Å². The van der Waals surface area contributed by atoms with Gasteiger partial charge in [-0.3, -0.25) is 0 Å². The topological polar surface area (TPSA) is 9.23 Å². The molecule has 1 heterocycles. The van der Waals surface area contributed by atoms with Crippen molar-refractivity contribution in [3.05, 3.63) is 59.7 Å². The average Bonchev–Trinajstić information content (AvgIpc) is 2.41. The molecule has 0 fully saturated rings. The second-order valence-electron chi connectivity index (χ2n) is 4.22. The van der Waals surface area contributed by atoms with Gasteiger partial charge in [-0.25, -0.2) is 0 Å². The van der Waals surface area contributed by atoms with Crippen molar-refractivity contribution in [1.29, 1.82) is 0 Å². The summed E-state index contributed by atoms with van der Waals surface area (Å²) in [6.07, 6.45) is 15.9. The zero-order chi connectivity index (χ0) is 13.2. The van der Waals surface area contributed by atoms with E-state index >= 15 is 0 Å². The van der Waals surface area contributed by atoms with Crippen LogP contribution < -0.4 is 0 Å². The van der Waals surface area contributed by atoms with Crippen LogP contribution in [-0.2, 0) is 4.65 Å². The predicted octanol–water partition coefficient (Wildman–Crippen LogP) is 4.80. The molecule has 0 unspecified atom stereocenters. The molecule has 0 radical (unpaired) electrons. The quantitative estimate of drug-likeness (QED) is 0.608. The van der Waals surface area contributed by atoms with Crippen LogP contribution >= 0.6 is 0 Å². The average molecular weight is 242 g/mol. The van der Waals surface area contributed by atoms with Crippen molar-refractivity contribution in [2.75, 3.05) is 0 Å². The highest BCUT2D eigenvalue weighted by Gasteiger charge is 2.16. The summed E-state index contributed by atoms with van der Waals surface area (Å²) in [5, 5.41) is 0. The lowest BCUT2D eigenvalue weighted by Gasteiger charge is -2.17. The fourth-order valence-corrected chi connectivity index (χ4v) is 1.65. The van der Waals surface area contributed by atoms with Gasteiger partial charge < -0.3 is 4.65 Å². The third-order valence-corrected chi connectivity index (χ3v) is 2.61. The summed E-state index contributed by atoms with van der Waals surface area (Å²) in [6, 6.07) is 0. The normalized spacial score (nSPS) is 16.5. The number of rotatable bonds is 6. The number of allylic oxidation sites excluding steroid dienone is 7. The second kappa shape index (κ2) is 8.63. The maximum Gasteiger partial charge on any atom is 0.411 e. The summed E-state index contributed by atoms with van der Waals surface area (Å²) >= 11 is 0. The Morgan fingerprint density at radius 1 is 1.00 bits per heavy atom. The lowest BCUT2D eigenvalue weighted by atomic mass is 9.66. The minimum Gasteiger partial charge on any atom is -0.552 e. The van der Waals surface area contributed by atoms with E-state index in [4.69, 9.17) is 4.65 Å². The molecule has 0 atom stereocenters. The maximum absolute atomic E-state index is 5.97. The molecule has 96 valence electrons. The summed E-state index contributed by atoms with van der Waals surface area (Å²) in [5.74, 6) is 5.18. The van der Waals surface area contributed by atoms with Gasteiger partial charge >= 0.3 is 6.92 Å². The molecule has 1 nitrogen and oxygen atoms in total. The SMILES string of the molecule is CC/C=C/B1C=CC(/C=C/CC)=C(/C=C/CC)O1. The van der Waals surface area contributed by atoms with Gasteiger partial charge in [0.2, 0.25) is 0 Å². The molecule has 0 saturated carbocycles. The van der Waals surface area contributed by atoms with Gasteiger partial charge in [-0.15, -0.1) is 0 Å². The minimum absolute atomic E-state index is 0.0697. The van der Waals surface area contributed by atoms with Crippen molar-refractivity contribution >= 4 is 6.92 Å². The van der Waals surface area contributed by atoms with Gasteiger partial charge in [-0.1, -0.05) is 63.1 Å². The van der Waals surface area contributed by atoms with Crippen molar-refractivity contribution < 1.29 is 4.65 Å². The minimum atomic E-state index is 0.0697. The molecule has 1 aliphatic heterocycles. The largest absolute Gasteiger partial charge is 0.552 e. The van der Waals surface area contributed by atoms with Crippen molar-refractivity contribution in [2.45, 2.75) is 40.0 Å². The van der Waals surface area contributed by atoms with Gasteiger partial charge in [0.15, 0.2) is 0 Å². The summed E-state index contributed by atoms with van der Waals surface area (Å²) in [5.41, 5.74) is 1.16. The molecule has 18 heavy (non-hydrogen) atoms. The van der Waals surface area contributed by atoms with Crippen molar-refractivity contribution in [3.63, 3.8) is 0 Å². The smallest absolute Gasteiger partial charge is 0.411 e. The Kier molecular flexibility index (Phi) is 7.01. The van der Waals surface area contributed by atoms with Crippen LogP contribution in [0.5, 0.6) is 0 Å². The first-order valence-electron chi connectivity index (χ1n) is 6.90. The van der Waals surface area contributed by atoms with Crippen LogP contribution in [-0.4, -0.2) is 6.92 Å². The number of hydrogen-bond acceptors (Lipinski definition) is 1. The van der Waals surface area contributed by atoms with E-state index in [1.807, 2.05) is 0 Å². The van der Waals surface area contributed by atoms with Crippen molar-refractivity contribution in [2.24, 2.45) is 0 Å². The molecular weight excluding hydrogens is 219 g/mol. The third-order valence-electron chi connectivity index (χ3n) is 2.61. The zero-order valence-electron chi connectivity index (χ0n) is 11.7. The maximum atomic E-state index is 5.97. The summed E-state index contributed by atoms with van der Waals surface area (Å²) in [6.45, 7) is 6.47. The third kappa shape index (κ3) is 4.83. The van der Waals surface area contributed by atoms with E-state index in [0.717, 1.165) is 30.6 Å². The van der Waals surface area contributed by atoms with Crippen LogP contribution in [0.1, 0.15) is 40.0 Å². The van der Waals surface area contributed by atoms with Crippen molar-refractivity contribution in [1.82, 2.24) is 0 Å². The highest BCUT2D eigenvalue weighted by molar-refractivity contribution is 6.63. The van der Waals surface area contributed by atoms with Gasteiger partial charge in [0.05, 0.1) is 0 Å². The lowest BCUT2D eigenvalue weighted by molar-refractivity contribution is 0.462. The Labute approximate surface area is 112 Å². The highest BCUT2D eigenvalue weighted by Crippen LogP contribution is 2.19. The van der Waals surface area contributed by atoms with Gasteiger partial charge in [0, 0.05) is 5.57 Å². The van der Waals surface area contributed by atoms with Gasteiger partial charge in [0.1, 0.15) is 5.76 Å². The Morgan fingerprint density at radius 3 is 2.33 bits per heavy atom. The van der Waals surface area contributed by atoms with Crippen LogP contribution in [0.25, 0.3) is 0 Å². The first kappa shape index (κ1) is 14.6. The summed E-state index contributed by atoms with van der Waals surface area (Å²) in [7, 11) is 0. The first-order chi connectivity index (χ1) is 8.81. The highest BCUT2D eigenvalue weighted by atomic mass is 16.4. The Bertz CT molecular complexity index is 386. The summed E-state index contributed by atoms with van der Waals surface area (Å²) in [4.78, 5) is 0. The van der Waals surface area contributed by atoms with Crippen LogP contribution in [0.3, 0.4) is 0 Å². The van der Waals surface area contributed by atoms with Gasteiger partial charge in [0.25, 0.3) is 0 Å². The standard InChI is InChI=1S/C16H23BO/c1-4-7-10-15-12-14-17(13-9-6-3)18-16(15)11-8-5-2/h7-14H,4-6H2,1-3H3/b10-7+,11-8+,13-9+. The van der Waals surface area contributed by atoms with Gasteiger partial charge in [-0.05, 0) is 25.3 Å². The van der Waals surface area contributed by atoms with Gasteiger partial charge in [-0.2, -0.15) is 0 Å². The molecular formula is C16H23BO. The predicted molar refractivity (Wildman–Crippen MR) is 81.3 cm³/mol. The molecule has 1 aliphatic rings. The fraction of sp³-hybridized carbons (Fsp3) is 0.375. The molecule has 0 amide bonds. The summed E-state index contributed by atoms with van der Waals surface area (Å²) < 4.78 is 5.97. The van der Waals surface area contributed by atoms with E-state index in [-0.39, 0.29) is 6.92 Å². The molecule has 0 N–H and O–H groups in total. The van der Waals surface area contributed by atoms with Crippen LogP contribution in [0.2, 0.25) is 0 Å². The lowest BCUT2D eigenvalue weighted by Crippen LogP contribution is -2.16. The molecule has 0 saturated heterocycles. The Hall–Kier alpha value is -1.44. The second-order valence-corrected chi connectivity index (χ2v) is 4.22. The Morgan fingerprint density at radius 2 is 1.67 bits per heavy atom. The molecule has 1 rings (SSSR count). The van der Waals surface area contributed by atoms with E-state index in [9.17, 15) is 0 Å². The van der Waals surface area contributed by atoms with Crippen LogP contribution in [0.15, 0.2) is 59.7 Å². The van der Waals surface area contributed by atoms with E-state index in [1.165, 1.54) is 0 Å². The number of hydrogen-bond donors (Lipinski definition) is 0. The van der Waals surface area contributed by atoms with E-state index < -0.39 is 0 Å². The van der Waals surface area contributed by atoms with E-state index in [0.29, 0.717) is 0 Å². The van der Waals surface area contributed by atoms with E-state index in [2.05, 4.69) is 69.2 Å². The fourth-order valence-electron chi connectivity index (χ4n) is 1.65. The molecule has 0 spiro atoms. The van der Waals surface area contributed by atoms with Crippen LogP contribution in [0.4, 0.5) is 0 Å². The molecule has 0 aromatic carbocycles. The van der Waals surface area contributed by atoms with Crippen LogP contribution in [0, 0.1) is 0 Å². The van der Waals surface area contributed by atoms with E-state index in [1.54, 1.807) is 0 Å². The molecule has 0 bridgehead atoms. The Balaban J connectivity index is 2.85. The molecule has 2 heteroatoms. The zero-order valence-corrected chi connectivity index (χ0v) is 11.7.